The zero-order chi connectivity index (χ0) is 18.2. The van der Waals surface area contributed by atoms with E-state index in [9.17, 15) is 14.9 Å². The number of carbonyl (C=O) groups excluding carboxylic acids is 2. The van der Waals surface area contributed by atoms with Crippen LogP contribution in [0.1, 0.15) is 24.2 Å². The van der Waals surface area contributed by atoms with Crippen molar-refractivity contribution in [1.29, 1.82) is 5.26 Å². The minimum Gasteiger partial charge on any atom is -0.347 e. The van der Waals surface area contributed by atoms with Gasteiger partial charge in [0.1, 0.15) is 11.6 Å². The van der Waals surface area contributed by atoms with Crippen LogP contribution in [0, 0.1) is 11.3 Å². The van der Waals surface area contributed by atoms with Gasteiger partial charge in [-0.15, -0.1) is 0 Å². The fourth-order valence-corrected chi connectivity index (χ4v) is 2.25. The van der Waals surface area contributed by atoms with E-state index in [1.807, 2.05) is 48.2 Å². The first-order chi connectivity index (χ1) is 12.0. The number of benzene rings is 2. The van der Waals surface area contributed by atoms with Gasteiger partial charge in [-0.1, -0.05) is 18.2 Å². The molecular weight excluding hydrogens is 314 g/mol. The normalized spacial score (nSPS) is 10.7. The van der Waals surface area contributed by atoms with Gasteiger partial charge in [-0.05, 0) is 50.2 Å². The molecule has 2 aromatic rings. The van der Waals surface area contributed by atoms with Crippen LogP contribution < -0.4 is 10.2 Å². The highest BCUT2D eigenvalue weighted by Gasteiger charge is 2.12. The number of hydrogen-bond donors (Lipinski definition) is 1. The Balaban J connectivity index is 2.17. The van der Waals surface area contributed by atoms with Gasteiger partial charge in [0.15, 0.2) is 5.78 Å². The monoisotopic (exact) mass is 333 g/mol. The lowest BCUT2D eigenvalue weighted by atomic mass is 10.1. The Morgan fingerprint density at radius 1 is 1.12 bits per heavy atom. The molecule has 5 nitrogen and oxygen atoms in total. The molecule has 0 radical (unpaired) electrons. The molecule has 0 saturated carbocycles. The first-order valence-corrected chi connectivity index (χ1v) is 7.91. The van der Waals surface area contributed by atoms with Gasteiger partial charge < -0.3 is 10.2 Å². The Morgan fingerprint density at radius 2 is 1.76 bits per heavy atom. The van der Waals surface area contributed by atoms with E-state index in [2.05, 4.69) is 5.32 Å². The third-order valence-electron chi connectivity index (χ3n) is 3.63. The first kappa shape index (κ1) is 18.0. The van der Waals surface area contributed by atoms with E-state index in [1.54, 1.807) is 24.3 Å². The van der Waals surface area contributed by atoms with Crippen LogP contribution in [0.25, 0.3) is 0 Å². The SMILES string of the molecule is CCN(/C=C(/C#N)C(=O)Nc1ccc(C(C)=O)cc1)c1ccccc1. The van der Waals surface area contributed by atoms with Crippen molar-refractivity contribution in [2.24, 2.45) is 0 Å². The van der Waals surface area contributed by atoms with Crippen molar-refractivity contribution in [3.05, 3.63) is 71.9 Å². The lowest BCUT2D eigenvalue weighted by Gasteiger charge is -2.18. The molecule has 0 aliphatic heterocycles. The van der Waals surface area contributed by atoms with Crippen molar-refractivity contribution < 1.29 is 9.59 Å². The summed E-state index contributed by atoms with van der Waals surface area (Å²) in [4.78, 5) is 25.5. The fraction of sp³-hybridized carbons (Fsp3) is 0.150. The third kappa shape index (κ3) is 4.79. The first-order valence-electron chi connectivity index (χ1n) is 7.91. The summed E-state index contributed by atoms with van der Waals surface area (Å²) < 4.78 is 0. The summed E-state index contributed by atoms with van der Waals surface area (Å²) in [5.41, 5.74) is 1.99. The maximum absolute atomic E-state index is 12.3. The van der Waals surface area contributed by atoms with E-state index in [-0.39, 0.29) is 11.4 Å². The number of rotatable bonds is 6. The second-order valence-electron chi connectivity index (χ2n) is 5.36. The van der Waals surface area contributed by atoms with Gasteiger partial charge in [0.05, 0.1) is 0 Å². The summed E-state index contributed by atoms with van der Waals surface area (Å²) in [6, 6.07) is 18.0. The van der Waals surface area contributed by atoms with Crippen LogP contribution in [0.4, 0.5) is 11.4 Å². The smallest absolute Gasteiger partial charge is 0.267 e. The number of para-hydroxylation sites is 1. The van der Waals surface area contributed by atoms with Crippen molar-refractivity contribution in [2.75, 3.05) is 16.8 Å². The number of carbonyl (C=O) groups is 2. The maximum Gasteiger partial charge on any atom is 0.267 e. The molecule has 1 N–H and O–H groups in total. The summed E-state index contributed by atoms with van der Waals surface area (Å²) in [7, 11) is 0. The van der Waals surface area contributed by atoms with Gasteiger partial charge in [0.2, 0.25) is 0 Å². The highest BCUT2D eigenvalue weighted by atomic mass is 16.1. The molecule has 0 spiro atoms. The zero-order valence-electron chi connectivity index (χ0n) is 14.2. The molecule has 5 heteroatoms. The average molecular weight is 333 g/mol. The molecule has 25 heavy (non-hydrogen) atoms. The van der Waals surface area contributed by atoms with Crippen molar-refractivity contribution >= 4 is 23.1 Å². The zero-order valence-corrected chi connectivity index (χ0v) is 14.2. The second-order valence-corrected chi connectivity index (χ2v) is 5.36. The van der Waals surface area contributed by atoms with Crippen molar-refractivity contribution in [1.82, 2.24) is 0 Å². The number of Topliss-reactive ketones (excluding diaryl/α,β-unsaturated/α-hetero) is 1. The van der Waals surface area contributed by atoms with Crippen LogP contribution in [0.15, 0.2) is 66.4 Å². The lowest BCUT2D eigenvalue weighted by Crippen LogP contribution is -2.20. The molecule has 0 aromatic heterocycles. The topological polar surface area (TPSA) is 73.2 Å². The third-order valence-corrected chi connectivity index (χ3v) is 3.63. The molecule has 0 aliphatic carbocycles. The van der Waals surface area contributed by atoms with E-state index >= 15 is 0 Å². The number of nitriles is 1. The van der Waals surface area contributed by atoms with E-state index < -0.39 is 5.91 Å². The van der Waals surface area contributed by atoms with Crippen molar-refractivity contribution in [3.8, 4) is 6.07 Å². The Morgan fingerprint density at radius 3 is 2.28 bits per heavy atom. The number of amides is 1. The number of hydrogen-bond acceptors (Lipinski definition) is 4. The highest BCUT2D eigenvalue weighted by molar-refractivity contribution is 6.07. The van der Waals surface area contributed by atoms with Gasteiger partial charge in [-0.25, -0.2) is 0 Å². The van der Waals surface area contributed by atoms with E-state index in [4.69, 9.17) is 0 Å². The maximum atomic E-state index is 12.3. The molecule has 0 bridgehead atoms. The number of anilines is 2. The van der Waals surface area contributed by atoms with Crippen molar-refractivity contribution in [2.45, 2.75) is 13.8 Å². The Hall–Kier alpha value is -3.39. The van der Waals surface area contributed by atoms with Crippen LogP contribution in [0.5, 0.6) is 0 Å². The highest BCUT2D eigenvalue weighted by Crippen LogP contribution is 2.16. The fourth-order valence-electron chi connectivity index (χ4n) is 2.25. The summed E-state index contributed by atoms with van der Waals surface area (Å²) in [6.07, 6.45) is 1.54. The predicted octanol–water partition coefficient (Wildman–Crippen LogP) is 3.76. The molecule has 0 fully saturated rings. The van der Waals surface area contributed by atoms with E-state index in [0.717, 1.165) is 5.69 Å². The Kier molecular flexibility index (Phi) is 6.08. The van der Waals surface area contributed by atoms with E-state index in [0.29, 0.717) is 17.8 Å². The standard InChI is InChI=1S/C20H19N3O2/c1-3-23(19-7-5-4-6-8-19)14-17(13-21)20(25)22-18-11-9-16(10-12-18)15(2)24/h4-12,14H,3H2,1-2H3,(H,22,25)/b17-14-. The lowest BCUT2D eigenvalue weighted by molar-refractivity contribution is -0.112. The average Bonchev–Trinajstić information content (AvgIpc) is 2.63. The number of nitrogens with one attached hydrogen (secondary N) is 1. The quantitative estimate of drug-likeness (QED) is 0.496. The van der Waals surface area contributed by atoms with Crippen LogP contribution in [0.2, 0.25) is 0 Å². The molecule has 0 heterocycles. The van der Waals surface area contributed by atoms with Crippen LogP contribution >= 0.6 is 0 Å². The minimum absolute atomic E-state index is 0.00125. The van der Waals surface area contributed by atoms with Gasteiger partial charge in [-0.2, -0.15) is 5.26 Å². The molecule has 0 saturated heterocycles. The molecular formula is C20H19N3O2. The number of ketones is 1. The largest absolute Gasteiger partial charge is 0.347 e. The van der Waals surface area contributed by atoms with Crippen LogP contribution in [-0.2, 0) is 4.79 Å². The molecule has 0 aliphatic rings. The van der Waals surface area contributed by atoms with Gasteiger partial charge in [-0.3, -0.25) is 9.59 Å². The van der Waals surface area contributed by atoms with Crippen LogP contribution in [0.3, 0.4) is 0 Å². The molecule has 1 amide bonds. The second kappa shape index (κ2) is 8.46. The summed E-state index contributed by atoms with van der Waals surface area (Å²) >= 11 is 0. The van der Waals surface area contributed by atoms with Crippen molar-refractivity contribution in [3.63, 3.8) is 0 Å². The number of nitrogens with zero attached hydrogens (tertiary/aromatic N) is 2. The van der Waals surface area contributed by atoms with Gasteiger partial charge >= 0.3 is 0 Å². The molecule has 0 unspecified atom stereocenters. The van der Waals surface area contributed by atoms with Gasteiger partial charge in [0.25, 0.3) is 5.91 Å². The van der Waals surface area contributed by atoms with E-state index in [1.165, 1.54) is 13.1 Å². The van der Waals surface area contributed by atoms with Gasteiger partial charge in [0, 0.05) is 29.7 Å². The minimum atomic E-state index is -0.493. The summed E-state index contributed by atoms with van der Waals surface area (Å²) in [5.74, 6) is -0.538. The summed E-state index contributed by atoms with van der Waals surface area (Å²) in [6.45, 7) is 4.04. The molecule has 126 valence electrons. The van der Waals surface area contributed by atoms with Crippen LogP contribution in [-0.4, -0.2) is 18.2 Å². The molecule has 2 aromatic carbocycles. The Labute approximate surface area is 147 Å². The predicted molar refractivity (Wildman–Crippen MR) is 98.2 cm³/mol. The summed E-state index contributed by atoms with van der Waals surface area (Å²) in [5, 5.41) is 12.0. The molecule has 0 atom stereocenters. The molecule has 2 rings (SSSR count). The Bertz CT molecular complexity index is 818.